The number of aromatic amines is 1. The Morgan fingerprint density at radius 1 is 0.947 bits per heavy atom. The van der Waals surface area contributed by atoms with Crippen LogP contribution in [-0.2, 0) is 0 Å². The average Bonchev–Trinajstić information content (AvgIpc) is 3.26. The van der Waals surface area contributed by atoms with Crippen molar-refractivity contribution in [2.75, 3.05) is 5.32 Å². The summed E-state index contributed by atoms with van der Waals surface area (Å²) in [5, 5.41) is 2.98. The number of imidazole rings is 1. The first-order chi connectivity index (χ1) is 18.1. The molecular formula is C25H16F4N6O3. The molecule has 13 heteroatoms. The van der Waals surface area contributed by atoms with Crippen molar-refractivity contribution in [2.24, 2.45) is 5.73 Å². The summed E-state index contributed by atoms with van der Waals surface area (Å²) in [4.78, 5) is 26.1. The minimum atomic E-state index is -4.94. The normalized spacial score (nSPS) is 11.4. The highest BCUT2D eigenvalue weighted by molar-refractivity contribution is 5.91. The van der Waals surface area contributed by atoms with E-state index in [1.807, 2.05) is 0 Å². The minimum absolute atomic E-state index is 0.00639. The molecule has 0 bridgehead atoms. The van der Waals surface area contributed by atoms with Gasteiger partial charge in [-0.05, 0) is 48.0 Å². The number of aromatic nitrogens is 4. The van der Waals surface area contributed by atoms with Crippen LogP contribution < -0.4 is 20.5 Å². The standard InChI is InChI=1S/C25H16F4N6O3/c26-22-9-13(5-7-32-22)17-10-14(1-4-21(17)38-25(27,28)29)33-24-34-18-3-2-15(11-19(18)35-24)37-16-6-8-31-20(12-16)23(30)36/h1-12H,(H2,30,36)(H2,33,34,35). The maximum absolute atomic E-state index is 13.7. The molecule has 0 atom stereocenters. The van der Waals surface area contributed by atoms with Gasteiger partial charge in [0.15, 0.2) is 0 Å². The Balaban J connectivity index is 1.41. The maximum atomic E-state index is 13.7. The summed E-state index contributed by atoms with van der Waals surface area (Å²) in [5.41, 5.74) is 6.95. The molecule has 0 saturated carbocycles. The van der Waals surface area contributed by atoms with Crippen molar-refractivity contribution in [3.63, 3.8) is 0 Å². The number of benzene rings is 2. The van der Waals surface area contributed by atoms with Crippen LogP contribution in [0.4, 0.5) is 29.2 Å². The predicted octanol–water partition coefficient (Wildman–Crippen LogP) is 5.69. The fourth-order valence-corrected chi connectivity index (χ4v) is 3.61. The van der Waals surface area contributed by atoms with Crippen LogP contribution in [0.15, 0.2) is 73.1 Å². The number of amides is 1. The van der Waals surface area contributed by atoms with Crippen LogP contribution in [0.5, 0.6) is 17.2 Å². The third-order valence-electron chi connectivity index (χ3n) is 5.18. The van der Waals surface area contributed by atoms with Crippen LogP contribution in [0.3, 0.4) is 0 Å². The molecule has 5 aromatic rings. The smallest absolute Gasteiger partial charge is 0.457 e. The van der Waals surface area contributed by atoms with Crippen LogP contribution in [0, 0.1) is 5.95 Å². The fourth-order valence-electron chi connectivity index (χ4n) is 3.61. The minimum Gasteiger partial charge on any atom is -0.457 e. The third kappa shape index (κ3) is 5.61. The van der Waals surface area contributed by atoms with E-state index in [1.165, 1.54) is 30.5 Å². The highest BCUT2D eigenvalue weighted by Crippen LogP contribution is 2.37. The molecule has 4 N–H and O–H groups in total. The number of primary amides is 1. The summed E-state index contributed by atoms with van der Waals surface area (Å²) in [6.45, 7) is 0. The number of carbonyl (C=O) groups is 1. The number of alkyl halides is 3. The lowest BCUT2D eigenvalue weighted by atomic mass is 10.1. The summed E-state index contributed by atoms with van der Waals surface area (Å²) < 4.78 is 62.4. The van der Waals surface area contributed by atoms with E-state index in [2.05, 4.69) is 30.0 Å². The quantitative estimate of drug-likeness (QED) is 0.184. The Labute approximate surface area is 211 Å². The molecule has 192 valence electrons. The number of nitrogens with zero attached hydrogens (tertiary/aromatic N) is 3. The van der Waals surface area contributed by atoms with Gasteiger partial charge >= 0.3 is 6.36 Å². The topological polar surface area (TPSA) is 128 Å². The lowest BCUT2D eigenvalue weighted by molar-refractivity contribution is -0.274. The summed E-state index contributed by atoms with van der Waals surface area (Å²) in [6, 6.07) is 14.2. The first kappa shape index (κ1) is 24.5. The zero-order valence-corrected chi connectivity index (χ0v) is 19.1. The van der Waals surface area contributed by atoms with Crippen LogP contribution in [0.2, 0.25) is 0 Å². The highest BCUT2D eigenvalue weighted by Gasteiger charge is 2.32. The van der Waals surface area contributed by atoms with Crippen LogP contribution in [-0.4, -0.2) is 32.2 Å². The first-order valence-corrected chi connectivity index (χ1v) is 10.9. The predicted molar refractivity (Wildman–Crippen MR) is 129 cm³/mol. The lowest BCUT2D eigenvalue weighted by Gasteiger charge is -2.15. The van der Waals surface area contributed by atoms with Crippen LogP contribution in [0.25, 0.3) is 22.2 Å². The Hall–Kier alpha value is -5.20. The highest BCUT2D eigenvalue weighted by atomic mass is 19.4. The zero-order valence-electron chi connectivity index (χ0n) is 19.1. The second-order valence-corrected chi connectivity index (χ2v) is 7.86. The molecule has 0 fully saturated rings. The van der Waals surface area contributed by atoms with E-state index >= 15 is 0 Å². The molecule has 3 aromatic heterocycles. The monoisotopic (exact) mass is 524 g/mol. The van der Waals surface area contributed by atoms with Gasteiger partial charge in [-0.15, -0.1) is 13.2 Å². The molecule has 0 aliphatic carbocycles. The van der Waals surface area contributed by atoms with Crippen molar-refractivity contribution in [3.8, 4) is 28.4 Å². The van der Waals surface area contributed by atoms with Gasteiger partial charge in [0.2, 0.25) is 11.9 Å². The number of anilines is 2. The molecule has 9 nitrogen and oxygen atoms in total. The Kier molecular flexibility index (Phi) is 6.24. The van der Waals surface area contributed by atoms with E-state index in [4.69, 9.17) is 10.5 Å². The summed E-state index contributed by atoms with van der Waals surface area (Å²) >= 11 is 0. The number of fused-ring (bicyclic) bond motifs is 1. The number of hydrogen-bond donors (Lipinski definition) is 3. The number of H-pyrrole nitrogens is 1. The van der Waals surface area contributed by atoms with Gasteiger partial charge in [-0.25, -0.2) is 9.97 Å². The van der Waals surface area contributed by atoms with Crippen molar-refractivity contribution < 1.29 is 31.8 Å². The van der Waals surface area contributed by atoms with E-state index in [-0.39, 0.29) is 22.8 Å². The Morgan fingerprint density at radius 2 is 1.74 bits per heavy atom. The first-order valence-electron chi connectivity index (χ1n) is 10.9. The lowest BCUT2D eigenvalue weighted by Crippen LogP contribution is -2.17. The SMILES string of the molecule is NC(=O)c1cc(Oc2ccc3nc(Nc4ccc(OC(F)(F)F)c(-c5ccnc(F)c5)c4)[nH]c3c2)ccn1. The van der Waals surface area contributed by atoms with Gasteiger partial charge in [0.05, 0.1) is 11.0 Å². The number of ether oxygens (including phenoxy) is 2. The maximum Gasteiger partial charge on any atom is 0.573 e. The van der Waals surface area contributed by atoms with Gasteiger partial charge in [0.25, 0.3) is 5.91 Å². The molecular weight excluding hydrogens is 508 g/mol. The Bertz CT molecular complexity index is 1650. The van der Waals surface area contributed by atoms with Gasteiger partial charge in [0.1, 0.15) is 22.9 Å². The molecule has 5 rings (SSSR count). The van der Waals surface area contributed by atoms with E-state index in [0.717, 1.165) is 18.3 Å². The number of hydrogen-bond acceptors (Lipinski definition) is 7. The largest absolute Gasteiger partial charge is 0.573 e. The fraction of sp³-hybridized carbons (Fsp3) is 0.0400. The van der Waals surface area contributed by atoms with Gasteiger partial charge in [-0.3, -0.25) is 9.78 Å². The van der Waals surface area contributed by atoms with E-state index < -0.39 is 24.0 Å². The molecule has 0 saturated heterocycles. The second kappa shape index (κ2) is 9.69. The molecule has 0 radical (unpaired) electrons. The molecule has 0 aliphatic heterocycles. The summed E-state index contributed by atoms with van der Waals surface area (Å²) in [6.07, 6.45) is -2.40. The molecule has 0 unspecified atom stereocenters. The molecule has 0 spiro atoms. The third-order valence-corrected chi connectivity index (χ3v) is 5.18. The van der Waals surface area contributed by atoms with E-state index in [9.17, 15) is 22.4 Å². The van der Waals surface area contributed by atoms with Gasteiger partial charge in [-0.2, -0.15) is 4.39 Å². The van der Waals surface area contributed by atoms with Gasteiger partial charge < -0.3 is 25.5 Å². The van der Waals surface area contributed by atoms with Gasteiger partial charge in [0, 0.05) is 41.8 Å². The van der Waals surface area contributed by atoms with Crippen molar-refractivity contribution in [1.82, 2.24) is 19.9 Å². The van der Waals surface area contributed by atoms with Crippen molar-refractivity contribution in [1.29, 1.82) is 0 Å². The molecule has 3 heterocycles. The van der Waals surface area contributed by atoms with Crippen molar-refractivity contribution >= 4 is 28.6 Å². The molecule has 38 heavy (non-hydrogen) atoms. The molecule has 2 aromatic carbocycles. The zero-order chi connectivity index (χ0) is 26.9. The molecule has 0 aliphatic rings. The second-order valence-electron chi connectivity index (χ2n) is 7.86. The number of rotatable bonds is 7. The van der Waals surface area contributed by atoms with E-state index in [1.54, 1.807) is 24.3 Å². The number of nitrogens with one attached hydrogen (secondary N) is 2. The number of halogens is 4. The Morgan fingerprint density at radius 3 is 2.50 bits per heavy atom. The number of nitrogens with two attached hydrogens (primary N) is 1. The van der Waals surface area contributed by atoms with Gasteiger partial charge in [-0.1, -0.05) is 0 Å². The number of carbonyl (C=O) groups excluding carboxylic acids is 1. The average molecular weight is 524 g/mol. The van der Waals surface area contributed by atoms with Crippen LogP contribution in [0.1, 0.15) is 10.5 Å². The van der Waals surface area contributed by atoms with Crippen LogP contribution >= 0.6 is 0 Å². The molecule has 1 amide bonds. The van der Waals surface area contributed by atoms with E-state index in [0.29, 0.717) is 28.2 Å². The van der Waals surface area contributed by atoms with Crippen molar-refractivity contribution in [2.45, 2.75) is 6.36 Å². The van der Waals surface area contributed by atoms with Crippen molar-refractivity contribution in [3.05, 3.63) is 84.7 Å². The number of pyridine rings is 2. The summed E-state index contributed by atoms with van der Waals surface area (Å²) in [5.74, 6) is -0.974. The summed E-state index contributed by atoms with van der Waals surface area (Å²) in [7, 11) is 0.